The third-order valence-electron chi connectivity index (χ3n) is 7.88. The minimum absolute atomic E-state index is 0.0152. The molecule has 0 radical (unpaired) electrons. The van der Waals surface area contributed by atoms with Crippen LogP contribution in [0.15, 0.2) is 41.1 Å². The smallest absolute Gasteiger partial charge is 0.213 e. The summed E-state index contributed by atoms with van der Waals surface area (Å²) in [6.45, 7) is 7.37. The molecule has 1 fully saturated rings. The first kappa shape index (κ1) is 24.9. The molecule has 10 nitrogen and oxygen atoms in total. The summed E-state index contributed by atoms with van der Waals surface area (Å²) in [6.07, 6.45) is 3.27. The Morgan fingerprint density at radius 1 is 1.13 bits per heavy atom. The largest absolute Gasteiger partial charge is 0.488 e. The van der Waals surface area contributed by atoms with Crippen molar-refractivity contribution in [3.05, 3.63) is 53.7 Å². The minimum Gasteiger partial charge on any atom is -0.488 e. The lowest BCUT2D eigenvalue weighted by atomic mass is 10.0. The summed E-state index contributed by atoms with van der Waals surface area (Å²) in [6, 6.07) is 9.81. The van der Waals surface area contributed by atoms with E-state index in [2.05, 4.69) is 19.6 Å². The van der Waals surface area contributed by atoms with E-state index >= 15 is 0 Å². The highest BCUT2D eigenvalue weighted by Gasteiger charge is 2.35. The second kappa shape index (κ2) is 9.39. The summed E-state index contributed by atoms with van der Waals surface area (Å²) in [7, 11) is -1.53. The number of nitrogens with zero attached hydrogens (tertiary/aromatic N) is 6. The Kier molecular flexibility index (Phi) is 6.14. The number of aromatic nitrogens is 4. The molecule has 3 aromatic heterocycles. The lowest BCUT2D eigenvalue weighted by Gasteiger charge is -2.38. The molecule has 38 heavy (non-hydrogen) atoms. The van der Waals surface area contributed by atoms with E-state index < -0.39 is 10.0 Å². The number of anilines is 1. The van der Waals surface area contributed by atoms with Gasteiger partial charge in [0.15, 0.2) is 5.75 Å². The van der Waals surface area contributed by atoms with Crippen molar-refractivity contribution in [1.82, 2.24) is 24.0 Å². The number of ether oxygens (including phenoxy) is 1. The summed E-state index contributed by atoms with van der Waals surface area (Å²) >= 11 is 0. The number of pyridine rings is 1. The molecule has 2 aliphatic heterocycles. The van der Waals surface area contributed by atoms with Crippen LogP contribution < -0.4 is 9.64 Å². The van der Waals surface area contributed by atoms with Gasteiger partial charge in [-0.3, -0.25) is 9.55 Å². The normalized spacial score (nSPS) is 18.3. The zero-order valence-electron chi connectivity index (χ0n) is 22.1. The predicted octanol–water partition coefficient (Wildman–Crippen LogP) is 3.94. The van der Waals surface area contributed by atoms with E-state index in [9.17, 15) is 8.42 Å². The Hall–Kier alpha value is -3.44. The lowest BCUT2D eigenvalue weighted by Crippen LogP contribution is -2.46. The van der Waals surface area contributed by atoms with Crippen LogP contribution in [0.3, 0.4) is 0 Å². The highest BCUT2D eigenvalue weighted by molar-refractivity contribution is 7.89. The van der Waals surface area contributed by atoms with Crippen LogP contribution in [0.5, 0.6) is 5.75 Å². The van der Waals surface area contributed by atoms with Gasteiger partial charge >= 0.3 is 0 Å². The van der Waals surface area contributed by atoms with Crippen molar-refractivity contribution in [2.24, 2.45) is 0 Å². The number of aryl methyl sites for hydroxylation is 2. The molecule has 0 aliphatic carbocycles. The van der Waals surface area contributed by atoms with Gasteiger partial charge in [0.05, 0.1) is 28.2 Å². The van der Waals surface area contributed by atoms with Crippen LogP contribution in [-0.4, -0.2) is 71.0 Å². The van der Waals surface area contributed by atoms with Crippen LogP contribution in [0, 0.1) is 13.8 Å². The molecule has 1 aromatic carbocycles. The molecule has 2 aliphatic rings. The Morgan fingerprint density at radius 2 is 1.92 bits per heavy atom. The summed E-state index contributed by atoms with van der Waals surface area (Å²) in [5.74, 6) is 2.48. The molecule has 4 aromatic rings. The predicted molar refractivity (Wildman–Crippen MR) is 145 cm³/mol. The van der Waals surface area contributed by atoms with Gasteiger partial charge in [-0.2, -0.15) is 0 Å². The fraction of sp³-hybridized carbons (Fsp3) is 0.444. The van der Waals surface area contributed by atoms with Gasteiger partial charge in [0.25, 0.3) is 0 Å². The van der Waals surface area contributed by atoms with Gasteiger partial charge in [0.2, 0.25) is 16.0 Å². The van der Waals surface area contributed by atoms with E-state index in [0.717, 1.165) is 63.8 Å². The van der Waals surface area contributed by atoms with Crippen LogP contribution in [0.1, 0.15) is 43.0 Å². The third-order valence-corrected chi connectivity index (χ3v) is 9.79. The van der Waals surface area contributed by atoms with Crippen molar-refractivity contribution in [2.75, 3.05) is 37.4 Å². The summed E-state index contributed by atoms with van der Waals surface area (Å²) in [4.78, 5) is 12.0. The van der Waals surface area contributed by atoms with E-state index in [1.54, 1.807) is 24.5 Å². The van der Waals surface area contributed by atoms with Gasteiger partial charge in [-0.05, 0) is 57.9 Å². The molecule has 6 rings (SSSR count). The number of imidazole rings is 1. The van der Waals surface area contributed by atoms with E-state index in [4.69, 9.17) is 14.2 Å². The van der Waals surface area contributed by atoms with Gasteiger partial charge in [0, 0.05) is 37.9 Å². The van der Waals surface area contributed by atoms with E-state index in [1.807, 2.05) is 44.2 Å². The van der Waals surface area contributed by atoms with E-state index in [1.165, 1.54) is 0 Å². The van der Waals surface area contributed by atoms with Crippen LogP contribution in [0.2, 0.25) is 0 Å². The fourth-order valence-corrected chi connectivity index (χ4v) is 6.83. The van der Waals surface area contributed by atoms with Crippen molar-refractivity contribution in [1.29, 1.82) is 0 Å². The molecule has 0 bridgehead atoms. The molecule has 1 saturated heterocycles. The van der Waals surface area contributed by atoms with Crippen LogP contribution in [0.4, 0.5) is 5.95 Å². The molecular weight excluding hydrogens is 504 g/mol. The average Bonchev–Trinajstić information content (AvgIpc) is 3.50. The first-order valence-electron chi connectivity index (χ1n) is 13.0. The summed E-state index contributed by atoms with van der Waals surface area (Å²) in [5, 5.41) is 4.16. The Labute approximate surface area is 222 Å². The first-order chi connectivity index (χ1) is 18.3. The number of hydrogen-bond acceptors (Lipinski definition) is 8. The molecule has 1 unspecified atom stereocenters. The maximum Gasteiger partial charge on any atom is 0.213 e. The zero-order chi connectivity index (χ0) is 26.6. The topological polar surface area (TPSA) is 107 Å². The molecule has 200 valence electrons. The zero-order valence-corrected chi connectivity index (χ0v) is 22.9. The number of sulfonamides is 1. The van der Waals surface area contributed by atoms with Crippen LogP contribution in [-0.2, 0) is 10.0 Å². The molecule has 0 spiro atoms. The van der Waals surface area contributed by atoms with Gasteiger partial charge in [-0.25, -0.2) is 17.7 Å². The quantitative estimate of drug-likeness (QED) is 0.365. The standard InChI is InChI=1S/C27H32N6O4S/c1-5-38(34,35)31(4)19-11-14-32(15-12-19)27-29-22-10-9-20(24-17(2)30-37-18(24)3)26-25(22)33(27)23(16-36-26)21-8-6-7-13-28-21/h6-10,13,19,23H,5,11-12,14-16H2,1-4H3. The number of hydrogen-bond donors (Lipinski definition) is 0. The van der Waals surface area contributed by atoms with Crippen molar-refractivity contribution >= 4 is 27.0 Å². The van der Waals surface area contributed by atoms with Gasteiger partial charge < -0.3 is 14.2 Å². The molecule has 1 atom stereocenters. The van der Waals surface area contributed by atoms with Crippen LogP contribution >= 0.6 is 0 Å². The maximum absolute atomic E-state index is 12.5. The minimum atomic E-state index is -3.23. The van der Waals surface area contributed by atoms with Crippen molar-refractivity contribution in [3.63, 3.8) is 0 Å². The monoisotopic (exact) mass is 536 g/mol. The Morgan fingerprint density at radius 3 is 2.58 bits per heavy atom. The van der Waals surface area contributed by atoms with Crippen molar-refractivity contribution in [3.8, 4) is 16.9 Å². The van der Waals surface area contributed by atoms with Crippen molar-refractivity contribution in [2.45, 2.75) is 45.7 Å². The lowest BCUT2D eigenvalue weighted by molar-refractivity contribution is 0.256. The highest BCUT2D eigenvalue weighted by atomic mass is 32.2. The number of rotatable bonds is 6. The highest BCUT2D eigenvalue weighted by Crippen LogP contribution is 2.46. The first-order valence-corrected chi connectivity index (χ1v) is 14.6. The van der Waals surface area contributed by atoms with Crippen LogP contribution in [0.25, 0.3) is 22.2 Å². The van der Waals surface area contributed by atoms with Gasteiger partial charge in [-0.1, -0.05) is 11.2 Å². The second-order valence-corrected chi connectivity index (χ2v) is 12.3. The molecule has 0 saturated carbocycles. The summed E-state index contributed by atoms with van der Waals surface area (Å²) < 4.78 is 40.6. The summed E-state index contributed by atoms with van der Waals surface area (Å²) in [5.41, 5.74) is 5.36. The molecule has 11 heteroatoms. The fourth-order valence-electron chi connectivity index (χ4n) is 5.76. The third kappa shape index (κ3) is 3.95. The Balaban J connectivity index is 1.45. The van der Waals surface area contributed by atoms with Crippen molar-refractivity contribution < 1.29 is 17.7 Å². The SMILES string of the molecule is CCS(=O)(=O)N(C)C1CCN(c2nc3ccc(-c4c(C)noc4C)c4c3n2C(c2ccccn2)CO4)CC1. The van der Waals surface area contributed by atoms with Gasteiger partial charge in [0.1, 0.15) is 23.9 Å². The average molecular weight is 537 g/mol. The number of benzene rings is 1. The maximum atomic E-state index is 12.5. The van der Waals surface area contributed by atoms with Gasteiger partial charge in [-0.15, -0.1) is 0 Å². The number of piperidine rings is 1. The molecule has 0 N–H and O–H groups in total. The molecule has 5 heterocycles. The van der Waals surface area contributed by atoms with E-state index in [0.29, 0.717) is 19.7 Å². The Bertz CT molecular complexity index is 1570. The molecular formula is C27H32N6O4S. The van der Waals surface area contributed by atoms with E-state index in [-0.39, 0.29) is 17.8 Å². The molecule has 0 amide bonds. The second-order valence-electron chi connectivity index (χ2n) is 10.0.